The van der Waals surface area contributed by atoms with Crippen LogP contribution in [0.15, 0.2) is 46.1 Å². The Morgan fingerprint density at radius 1 is 1.05 bits per heavy atom. The van der Waals surface area contributed by atoms with Gasteiger partial charge >= 0.3 is 5.69 Å². The molecule has 0 amide bonds. The van der Waals surface area contributed by atoms with E-state index in [4.69, 9.17) is 0 Å². The predicted molar refractivity (Wildman–Crippen MR) is 70.0 cm³/mol. The fraction of sp³-hybridized carbons (Fsp3) is 0.0769. The molecular weight excluding hydrogens is 244 g/mol. The summed E-state index contributed by atoms with van der Waals surface area (Å²) >= 11 is 0. The van der Waals surface area contributed by atoms with Crippen LogP contribution in [0.4, 0.5) is 0 Å². The van der Waals surface area contributed by atoms with Crippen molar-refractivity contribution in [3.05, 3.63) is 68.8 Å². The van der Waals surface area contributed by atoms with Crippen molar-refractivity contribution in [1.29, 1.82) is 0 Å². The Balaban J connectivity index is 2.07. The van der Waals surface area contributed by atoms with Gasteiger partial charge in [-0.15, -0.1) is 0 Å². The van der Waals surface area contributed by atoms with Crippen LogP contribution in [0, 0.1) is 0 Å². The highest BCUT2D eigenvalue weighted by molar-refractivity contribution is 5.71. The van der Waals surface area contributed by atoms with Gasteiger partial charge in [-0.3, -0.25) is 9.78 Å². The first-order valence-electron chi connectivity index (χ1n) is 5.74. The average Bonchev–Trinajstić information content (AvgIpc) is 2.40. The van der Waals surface area contributed by atoms with Gasteiger partial charge in [0.1, 0.15) is 5.82 Å². The second-order valence-electron chi connectivity index (χ2n) is 4.12. The molecule has 0 unspecified atom stereocenters. The summed E-state index contributed by atoms with van der Waals surface area (Å²) in [5.74, 6) is 0.538. The van der Waals surface area contributed by atoms with E-state index in [0.29, 0.717) is 17.8 Å². The molecule has 0 aliphatic heterocycles. The summed E-state index contributed by atoms with van der Waals surface area (Å²) in [6.07, 6.45) is 1.99. The van der Waals surface area contributed by atoms with Crippen molar-refractivity contribution in [3.63, 3.8) is 0 Å². The zero-order chi connectivity index (χ0) is 13.2. The van der Waals surface area contributed by atoms with Crippen LogP contribution in [0.1, 0.15) is 11.4 Å². The third-order valence-electron chi connectivity index (χ3n) is 2.73. The first-order chi connectivity index (χ1) is 9.22. The number of rotatable bonds is 2. The Bertz CT molecular complexity index is 836. The lowest BCUT2D eigenvalue weighted by molar-refractivity contribution is 0.967. The lowest BCUT2D eigenvalue weighted by Crippen LogP contribution is -2.23. The van der Waals surface area contributed by atoms with Crippen LogP contribution in [0.2, 0.25) is 0 Å². The van der Waals surface area contributed by atoms with E-state index in [2.05, 4.69) is 19.9 Å². The molecule has 0 aliphatic carbocycles. The first-order valence-corrected chi connectivity index (χ1v) is 5.74. The highest BCUT2D eigenvalue weighted by Gasteiger charge is 2.05. The molecule has 2 aromatic heterocycles. The molecule has 0 atom stereocenters. The van der Waals surface area contributed by atoms with Gasteiger partial charge in [-0.1, -0.05) is 30.3 Å². The standard InChI is InChI=1S/C13H10N4O2/c18-12-11-9(15-13(19)17-12)7-14-10(16-11)6-8-4-2-1-3-5-8/h1-5,7H,6H2,(H2,15,17,18,19). The minimum absolute atomic E-state index is 0.195. The van der Waals surface area contributed by atoms with Crippen molar-refractivity contribution in [1.82, 2.24) is 19.9 Å². The molecule has 0 bridgehead atoms. The molecule has 19 heavy (non-hydrogen) atoms. The number of hydrogen-bond acceptors (Lipinski definition) is 4. The first kappa shape index (κ1) is 11.3. The Kier molecular flexibility index (Phi) is 2.68. The maximum Gasteiger partial charge on any atom is 0.326 e. The number of aromatic amines is 2. The van der Waals surface area contributed by atoms with Crippen LogP contribution >= 0.6 is 0 Å². The molecule has 0 spiro atoms. The van der Waals surface area contributed by atoms with Gasteiger partial charge in [0, 0.05) is 6.42 Å². The summed E-state index contributed by atoms with van der Waals surface area (Å²) in [4.78, 5) is 35.7. The van der Waals surface area contributed by atoms with Crippen LogP contribution in [0.25, 0.3) is 11.0 Å². The minimum atomic E-state index is -0.558. The smallest absolute Gasteiger partial charge is 0.304 e. The van der Waals surface area contributed by atoms with Gasteiger partial charge in [0.05, 0.1) is 11.7 Å². The van der Waals surface area contributed by atoms with Crippen LogP contribution in [-0.4, -0.2) is 19.9 Å². The number of hydrogen-bond donors (Lipinski definition) is 2. The molecule has 6 heteroatoms. The zero-order valence-corrected chi connectivity index (χ0v) is 9.88. The quantitative estimate of drug-likeness (QED) is 0.700. The largest absolute Gasteiger partial charge is 0.326 e. The monoisotopic (exact) mass is 254 g/mol. The van der Waals surface area contributed by atoms with Crippen molar-refractivity contribution in [2.75, 3.05) is 0 Å². The van der Waals surface area contributed by atoms with Crippen molar-refractivity contribution in [2.24, 2.45) is 0 Å². The summed E-state index contributed by atoms with van der Waals surface area (Å²) in [5, 5.41) is 0. The highest BCUT2D eigenvalue weighted by Crippen LogP contribution is 2.06. The molecule has 94 valence electrons. The van der Waals surface area contributed by atoms with E-state index in [-0.39, 0.29) is 5.52 Å². The predicted octanol–water partition coefficient (Wildman–Crippen LogP) is 0.597. The SMILES string of the molecule is O=c1[nH]c(=O)c2nc(Cc3ccccc3)ncc2[nH]1. The fourth-order valence-corrected chi connectivity index (χ4v) is 1.86. The fourth-order valence-electron chi connectivity index (χ4n) is 1.86. The summed E-state index contributed by atoms with van der Waals surface area (Å²) in [6.45, 7) is 0. The Labute approximate surface area is 107 Å². The number of nitrogens with one attached hydrogen (secondary N) is 2. The van der Waals surface area contributed by atoms with E-state index in [1.165, 1.54) is 6.20 Å². The second kappa shape index (κ2) is 4.49. The van der Waals surface area contributed by atoms with Crippen molar-refractivity contribution < 1.29 is 0 Å². The summed E-state index contributed by atoms with van der Waals surface area (Å²) in [5.41, 5.74) is 0.529. The van der Waals surface area contributed by atoms with Gasteiger partial charge in [0.25, 0.3) is 5.56 Å². The molecular formula is C13H10N4O2. The lowest BCUT2D eigenvalue weighted by atomic mass is 10.1. The van der Waals surface area contributed by atoms with E-state index < -0.39 is 11.2 Å². The molecule has 0 saturated carbocycles. The minimum Gasteiger partial charge on any atom is -0.304 e. The molecule has 0 radical (unpaired) electrons. The van der Waals surface area contributed by atoms with Crippen molar-refractivity contribution >= 4 is 11.0 Å². The Morgan fingerprint density at radius 2 is 1.84 bits per heavy atom. The molecule has 2 N–H and O–H groups in total. The zero-order valence-electron chi connectivity index (χ0n) is 9.88. The topological polar surface area (TPSA) is 91.5 Å². The van der Waals surface area contributed by atoms with Crippen LogP contribution < -0.4 is 11.2 Å². The molecule has 0 fully saturated rings. The third kappa shape index (κ3) is 2.28. The molecule has 6 nitrogen and oxygen atoms in total. The van der Waals surface area contributed by atoms with E-state index >= 15 is 0 Å². The molecule has 0 aliphatic rings. The number of nitrogens with zero attached hydrogens (tertiary/aromatic N) is 2. The van der Waals surface area contributed by atoms with Gasteiger partial charge < -0.3 is 4.98 Å². The summed E-state index contributed by atoms with van der Waals surface area (Å²) in [7, 11) is 0. The number of benzene rings is 1. The molecule has 0 saturated heterocycles. The van der Waals surface area contributed by atoms with Gasteiger partial charge in [-0.2, -0.15) is 0 Å². The van der Waals surface area contributed by atoms with Crippen LogP contribution in [-0.2, 0) is 6.42 Å². The van der Waals surface area contributed by atoms with Crippen molar-refractivity contribution in [2.45, 2.75) is 6.42 Å². The van der Waals surface area contributed by atoms with E-state index in [0.717, 1.165) is 5.56 Å². The van der Waals surface area contributed by atoms with E-state index in [9.17, 15) is 9.59 Å². The summed E-state index contributed by atoms with van der Waals surface area (Å²) < 4.78 is 0. The van der Waals surface area contributed by atoms with Gasteiger partial charge in [0.15, 0.2) is 5.52 Å². The maximum absolute atomic E-state index is 11.6. The summed E-state index contributed by atoms with van der Waals surface area (Å²) in [6, 6.07) is 9.72. The molecule has 3 rings (SSSR count). The van der Waals surface area contributed by atoms with Gasteiger partial charge in [-0.05, 0) is 5.56 Å². The third-order valence-corrected chi connectivity index (χ3v) is 2.73. The Hall–Kier alpha value is -2.76. The van der Waals surface area contributed by atoms with Crippen LogP contribution in [0.3, 0.4) is 0 Å². The van der Waals surface area contributed by atoms with E-state index in [1.807, 2.05) is 30.3 Å². The second-order valence-corrected chi connectivity index (χ2v) is 4.12. The van der Waals surface area contributed by atoms with Crippen LogP contribution in [0.5, 0.6) is 0 Å². The maximum atomic E-state index is 11.6. The lowest BCUT2D eigenvalue weighted by Gasteiger charge is -2.01. The number of H-pyrrole nitrogens is 2. The molecule has 3 aromatic rings. The number of fused-ring (bicyclic) bond motifs is 1. The average molecular weight is 254 g/mol. The normalized spacial score (nSPS) is 10.7. The Morgan fingerprint density at radius 3 is 2.63 bits per heavy atom. The van der Waals surface area contributed by atoms with Gasteiger partial charge in [0.2, 0.25) is 0 Å². The van der Waals surface area contributed by atoms with Crippen molar-refractivity contribution in [3.8, 4) is 0 Å². The number of aromatic nitrogens is 4. The molecule has 2 heterocycles. The van der Waals surface area contributed by atoms with E-state index in [1.54, 1.807) is 0 Å². The van der Waals surface area contributed by atoms with Gasteiger partial charge in [-0.25, -0.2) is 14.8 Å². The highest BCUT2D eigenvalue weighted by atomic mass is 16.2. The molecule has 1 aromatic carbocycles.